The van der Waals surface area contributed by atoms with Gasteiger partial charge in [-0.3, -0.25) is 20.2 Å². The van der Waals surface area contributed by atoms with E-state index in [4.69, 9.17) is 9.47 Å². The first kappa shape index (κ1) is 18.8. The Kier molecular flexibility index (Phi) is 5.21. The molecule has 2 N–H and O–H groups in total. The smallest absolute Gasteiger partial charge is 0.343 e. The number of hydrogen-bond acceptors (Lipinski definition) is 6. The number of esters is 1. The number of hydrogen-bond donors (Lipinski definition) is 2. The summed E-state index contributed by atoms with van der Waals surface area (Å²) >= 11 is 0. The predicted molar refractivity (Wildman–Crippen MR) is 98.8 cm³/mol. The Labute approximate surface area is 160 Å². The Morgan fingerprint density at radius 3 is 2.18 bits per heavy atom. The van der Waals surface area contributed by atoms with E-state index in [1.54, 1.807) is 30.3 Å². The Balaban J connectivity index is 1.90. The summed E-state index contributed by atoms with van der Waals surface area (Å²) in [5, 5.41) is 3.97. The van der Waals surface area contributed by atoms with E-state index in [1.807, 2.05) is 17.6 Å². The quantitative estimate of drug-likeness (QED) is 0.363. The summed E-state index contributed by atoms with van der Waals surface area (Å²) in [6.45, 7) is 1.90. The van der Waals surface area contributed by atoms with Crippen molar-refractivity contribution in [2.45, 2.75) is 6.92 Å². The third-order valence-corrected chi connectivity index (χ3v) is 3.93. The van der Waals surface area contributed by atoms with Gasteiger partial charge in [-0.1, -0.05) is 23.8 Å². The van der Waals surface area contributed by atoms with Gasteiger partial charge in [0.25, 0.3) is 11.8 Å². The summed E-state index contributed by atoms with van der Waals surface area (Å²) in [6, 6.07) is 10.5. The summed E-state index contributed by atoms with van der Waals surface area (Å²) in [4.78, 5) is 47.2. The van der Waals surface area contributed by atoms with Crippen LogP contribution in [0.25, 0.3) is 6.08 Å². The van der Waals surface area contributed by atoms with E-state index in [0.717, 1.165) is 5.56 Å². The molecule has 1 aliphatic heterocycles. The minimum absolute atomic E-state index is 0.120. The lowest BCUT2D eigenvalue weighted by Gasteiger charge is -2.14. The average Bonchev–Trinajstić information content (AvgIpc) is 2.65. The van der Waals surface area contributed by atoms with Crippen LogP contribution in [0.3, 0.4) is 0 Å². The highest BCUT2D eigenvalue weighted by Crippen LogP contribution is 2.30. The fraction of sp³-hybridized carbons (Fsp3) is 0.100. The maximum absolute atomic E-state index is 12.4. The number of amides is 4. The van der Waals surface area contributed by atoms with E-state index in [9.17, 15) is 19.2 Å². The molecule has 8 heteroatoms. The summed E-state index contributed by atoms with van der Waals surface area (Å²) in [5.74, 6) is -1.79. The van der Waals surface area contributed by atoms with Gasteiger partial charge in [0.05, 0.1) is 12.7 Å². The molecule has 28 heavy (non-hydrogen) atoms. The SMILES string of the molecule is COc1ccc(C=C2C(=O)NC(=O)NC2=O)cc1OC(=O)c1ccc(C)cc1. The monoisotopic (exact) mass is 380 g/mol. The molecule has 1 saturated heterocycles. The number of imide groups is 2. The Hall–Kier alpha value is -3.94. The standard InChI is InChI=1S/C20H16N2O6/c1-11-3-6-13(7-4-11)19(25)28-16-10-12(5-8-15(16)27-2)9-14-17(23)21-20(26)22-18(14)24/h3-10H,1-2H3,(H2,21,22,23,24,26). The van der Waals surface area contributed by atoms with E-state index in [-0.39, 0.29) is 11.3 Å². The van der Waals surface area contributed by atoms with Crippen LogP contribution in [0.2, 0.25) is 0 Å². The predicted octanol–water partition coefficient (Wildman–Crippen LogP) is 1.97. The van der Waals surface area contributed by atoms with Gasteiger partial charge in [-0.15, -0.1) is 0 Å². The third-order valence-electron chi connectivity index (χ3n) is 3.93. The van der Waals surface area contributed by atoms with Crippen LogP contribution < -0.4 is 20.1 Å². The number of urea groups is 1. The Bertz CT molecular complexity index is 986. The number of carbonyl (C=O) groups excluding carboxylic acids is 4. The van der Waals surface area contributed by atoms with Crippen molar-refractivity contribution in [3.05, 3.63) is 64.7 Å². The molecule has 1 heterocycles. The van der Waals surface area contributed by atoms with E-state index in [2.05, 4.69) is 0 Å². The molecule has 2 aromatic rings. The molecule has 2 aromatic carbocycles. The van der Waals surface area contributed by atoms with Crippen molar-refractivity contribution in [3.8, 4) is 11.5 Å². The number of benzene rings is 2. The summed E-state index contributed by atoms with van der Waals surface area (Å²) in [7, 11) is 1.42. The summed E-state index contributed by atoms with van der Waals surface area (Å²) in [5.41, 5.74) is 1.52. The van der Waals surface area contributed by atoms with Gasteiger partial charge >= 0.3 is 12.0 Å². The molecule has 4 amide bonds. The molecule has 0 saturated carbocycles. The second kappa shape index (κ2) is 7.75. The number of barbiturate groups is 1. The highest BCUT2D eigenvalue weighted by Gasteiger charge is 2.27. The van der Waals surface area contributed by atoms with E-state index >= 15 is 0 Å². The number of ether oxygens (including phenoxy) is 2. The van der Waals surface area contributed by atoms with E-state index in [0.29, 0.717) is 16.9 Å². The number of aryl methyl sites for hydroxylation is 1. The van der Waals surface area contributed by atoms with Gasteiger partial charge in [-0.25, -0.2) is 9.59 Å². The number of nitrogens with one attached hydrogen (secondary N) is 2. The minimum Gasteiger partial charge on any atom is -0.493 e. The average molecular weight is 380 g/mol. The van der Waals surface area contributed by atoms with Gasteiger partial charge in [0.2, 0.25) is 0 Å². The lowest BCUT2D eigenvalue weighted by atomic mass is 10.1. The lowest BCUT2D eigenvalue weighted by Crippen LogP contribution is -2.51. The molecular weight excluding hydrogens is 364 g/mol. The van der Waals surface area contributed by atoms with E-state index < -0.39 is 23.8 Å². The zero-order valence-corrected chi connectivity index (χ0v) is 15.1. The van der Waals surface area contributed by atoms with Crippen molar-refractivity contribution in [2.75, 3.05) is 7.11 Å². The number of carbonyl (C=O) groups is 4. The largest absolute Gasteiger partial charge is 0.493 e. The maximum atomic E-state index is 12.4. The van der Waals surface area contributed by atoms with Crippen LogP contribution >= 0.6 is 0 Å². The molecular formula is C20H16N2O6. The maximum Gasteiger partial charge on any atom is 0.343 e. The first-order valence-corrected chi connectivity index (χ1v) is 8.22. The van der Waals surface area contributed by atoms with Crippen molar-refractivity contribution < 1.29 is 28.7 Å². The van der Waals surface area contributed by atoms with Gasteiger partial charge in [0.1, 0.15) is 5.57 Å². The second-order valence-corrected chi connectivity index (χ2v) is 5.96. The molecule has 142 valence electrons. The zero-order valence-electron chi connectivity index (χ0n) is 15.1. The van der Waals surface area contributed by atoms with Crippen LogP contribution in [0.5, 0.6) is 11.5 Å². The summed E-state index contributed by atoms with van der Waals surface area (Å²) < 4.78 is 10.6. The molecule has 0 aromatic heterocycles. The molecule has 0 aliphatic carbocycles. The van der Waals surface area contributed by atoms with Crippen LogP contribution in [0, 0.1) is 6.92 Å². The Morgan fingerprint density at radius 1 is 0.929 bits per heavy atom. The molecule has 0 spiro atoms. The molecule has 3 rings (SSSR count). The highest BCUT2D eigenvalue weighted by molar-refractivity contribution is 6.31. The van der Waals surface area contributed by atoms with Crippen LogP contribution in [0.15, 0.2) is 48.0 Å². The topological polar surface area (TPSA) is 111 Å². The van der Waals surface area contributed by atoms with Crippen molar-refractivity contribution in [3.63, 3.8) is 0 Å². The first-order valence-electron chi connectivity index (χ1n) is 8.22. The van der Waals surface area contributed by atoms with Crippen molar-refractivity contribution in [2.24, 2.45) is 0 Å². The number of methoxy groups -OCH3 is 1. The van der Waals surface area contributed by atoms with Crippen LogP contribution in [-0.2, 0) is 9.59 Å². The van der Waals surface area contributed by atoms with Crippen molar-refractivity contribution >= 4 is 29.9 Å². The van der Waals surface area contributed by atoms with Gasteiger partial charge < -0.3 is 9.47 Å². The van der Waals surface area contributed by atoms with E-state index in [1.165, 1.54) is 25.3 Å². The fourth-order valence-electron chi connectivity index (χ4n) is 2.48. The fourth-order valence-corrected chi connectivity index (χ4v) is 2.48. The molecule has 0 atom stereocenters. The van der Waals surface area contributed by atoms with Crippen molar-refractivity contribution in [1.29, 1.82) is 0 Å². The van der Waals surface area contributed by atoms with Gasteiger partial charge in [0, 0.05) is 0 Å². The minimum atomic E-state index is -0.880. The molecule has 0 unspecified atom stereocenters. The molecule has 8 nitrogen and oxygen atoms in total. The second-order valence-electron chi connectivity index (χ2n) is 5.96. The van der Waals surface area contributed by atoms with Gasteiger partial charge in [-0.2, -0.15) is 0 Å². The normalized spacial score (nSPS) is 13.5. The Morgan fingerprint density at radius 2 is 1.57 bits per heavy atom. The van der Waals surface area contributed by atoms with Gasteiger partial charge in [0.15, 0.2) is 11.5 Å². The molecule has 0 bridgehead atoms. The van der Waals surface area contributed by atoms with Crippen LogP contribution in [0.1, 0.15) is 21.5 Å². The molecule has 0 radical (unpaired) electrons. The van der Waals surface area contributed by atoms with Crippen LogP contribution in [0.4, 0.5) is 4.79 Å². The van der Waals surface area contributed by atoms with Crippen molar-refractivity contribution in [1.82, 2.24) is 10.6 Å². The first-order chi connectivity index (χ1) is 13.4. The summed E-state index contributed by atoms with van der Waals surface area (Å²) in [6.07, 6.45) is 1.28. The lowest BCUT2D eigenvalue weighted by molar-refractivity contribution is -0.123. The zero-order chi connectivity index (χ0) is 20.3. The number of rotatable bonds is 4. The third kappa shape index (κ3) is 4.07. The van der Waals surface area contributed by atoms with Gasteiger partial charge in [-0.05, 0) is 42.8 Å². The highest BCUT2D eigenvalue weighted by atomic mass is 16.6. The molecule has 1 fully saturated rings. The van der Waals surface area contributed by atoms with Crippen LogP contribution in [-0.4, -0.2) is 30.9 Å². The molecule has 1 aliphatic rings.